The second-order valence-electron chi connectivity index (χ2n) is 7.06. The molecule has 3 saturated heterocycles. The van der Waals surface area contributed by atoms with Crippen LogP contribution in [0.15, 0.2) is 18.5 Å². The van der Waals surface area contributed by atoms with Gasteiger partial charge in [0.25, 0.3) is 0 Å². The quantitative estimate of drug-likeness (QED) is 0.802. The average molecular weight is 371 g/mol. The number of hydrogen-bond acceptors (Lipinski definition) is 6. The summed E-state index contributed by atoms with van der Waals surface area (Å²) >= 11 is 0. The van der Waals surface area contributed by atoms with Gasteiger partial charge in [-0.1, -0.05) is 0 Å². The Labute approximate surface area is 148 Å². The molecule has 1 aromatic rings. The zero-order chi connectivity index (χ0) is 18.4. The Bertz CT molecular complexity index is 685. The summed E-state index contributed by atoms with van der Waals surface area (Å²) in [6, 6.07) is 2.12. The largest absolute Gasteiger partial charge is 0.491 e. The maximum Gasteiger partial charge on any atom is 0.491 e. The van der Waals surface area contributed by atoms with Crippen LogP contribution in [0, 0.1) is 0 Å². The summed E-state index contributed by atoms with van der Waals surface area (Å²) in [5.74, 6) is -1.58. The molecule has 1 atom stereocenters. The predicted octanol–water partition coefficient (Wildman–Crippen LogP) is 2.39. The lowest BCUT2D eigenvalue weighted by atomic mass is 9.98. The van der Waals surface area contributed by atoms with Gasteiger partial charge in [0.15, 0.2) is 5.72 Å². The van der Waals surface area contributed by atoms with E-state index in [2.05, 4.69) is 10.3 Å². The van der Waals surface area contributed by atoms with Gasteiger partial charge < -0.3 is 19.7 Å². The van der Waals surface area contributed by atoms with E-state index in [1.54, 1.807) is 23.4 Å². The van der Waals surface area contributed by atoms with Gasteiger partial charge >= 0.3 is 12.1 Å². The van der Waals surface area contributed by atoms with Crippen molar-refractivity contribution in [2.75, 3.05) is 18.1 Å². The first-order valence-electron chi connectivity index (χ1n) is 8.78. The third kappa shape index (κ3) is 3.08. The number of esters is 1. The number of carbonyl (C=O) groups is 1. The van der Waals surface area contributed by atoms with E-state index >= 15 is 0 Å². The first kappa shape index (κ1) is 17.4. The van der Waals surface area contributed by atoms with Crippen LogP contribution in [0.1, 0.15) is 32.1 Å². The van der Waals surface area contributed by atoms with Gasteiger partial charge in [0.2, 0.25) is 0 Å². The highest BCUT2D eigenvalue weighted by Gasteiger charge is 2.57. The minimum atomic E-state index is -5.00. The number of fused-ring (bicyclic) bond motifs is 2. The molecule has 0 amide bonds. The first-order valence-corrected chi connectivity index (χ1v) is 8.78. The molecule has 0 saturated carbocycles. The molecule has 0 unspecified atom stereocenters. The second-order valence-corrected chi connectivity index (χ2v) is 7.06. The highest BCUT2D eigenvalue weighted by Crippen LogP contribution is 2.50. The van der Waals surface area contributed by atoms with Gasteiger partial charge in [-0.2, -0.15) is 13.2 Å². The van der Waals surface area contributed by atoms with E-state index in [0.29, 0.717) is 49.8 Å². The molecule has 4 rings (SSSR count). The molecule has 1 aromatic heterocycles. The van der Waals surface area contributed by atoms with E-state index in [9.17, 15) is 18.0 Å². The summed E-state index contributed by atoms with van der Waals surface area (Å²) in [5.41, 5.74) is -0.619. The average Bonchev–Trinajstić information content (AvgIpc) is 3.07. The number of pyridine rings is 1. The number of anilines is 1. The van der Waals surface area contributed by atoms with Crippen molar-refractivity contribution in [1.29, 1.82) is 0 Å². The second kappa shape index (κ2) is 6.29. The molecular weight excluding hydrogens is 351 g/mol. The molecule has 0 radical (unpaired) electrons. The number of rotatable bonds is 5. The van der Waals surface area contributed by atoms with Crippen molar-refractivity contribution in [2.24, 2.45) is 0 Å². The Hall–Kier alpha value is -2.03. The van der Waals surface area contributed by atoms with Crippen molar-refractivity contribution in [1.82, 2.24) is 10.3 Å². The van der Waals surface area contributed by atoms with E-state index in [-0.39, 0.29) is 6.04 Å². The Kier molecular flexibility index (Phi) is 4.21. The van der Waals surface area contributed by atoms with Crippen LogP contribution < -0.4 is 15.0 Å². The van der Waals surface area contributed by atoms with Gasteiger partial charge in [-0.05, 0) is 25.8 Å². The van der Waals surface area contributed by atoms with Crippen LogP contribution in [-0.4, -0.2) is 48.1 Å². The molecule has 142 valence electrons. The highest BCUT2D eigenvalue weighted by molar-refractivity contribution is 5.76. The molecule has 3 fully saturated rings. The fraction of sp³-hybridized carbons (Fsp3) is 0.647. The highest BCUT2D eigenvalue weighted by atomic mass is 19.4. The summed E-state index contributed by atoms with van der Waals surface area (Å²) < 4.78 is 48.8. The maximum absolute atomic E-state index is 12.7. The molecule has 26 heavy (non-hydrogen) atoms. The topological polar surface area (TPSA) is 63.7 Å². The number of nitrogens with one attached hydrogen (secondary N) is 1. The molecular formula is C17H20F3N3O3. The summed E-state index contributed by atoms with van der Waals surface area (Å²) in [6.07, 6.45) is 1.35. The van der Waals surface area contributed by atoms with Crippen molar-refractivity contribution in [3.8, 4) is 5.75 Å². The summed E-state index contributed by atoms with van der Waals surface area (Å²) in [7, 11) is 0. The SMILES string of the molecule is O=C(OC12CCC(CC1)N2c1cncc(OC[C@@H]2CCN2)c1)C(F)(F)F. The molecule has 6 nitrogen and oxygen atoms in total. The molecule has 1 N–H and O–H groups in total. The van der Waals surface area contributed by atoms with Crippen molar-refractivity contribution in [3.05, 3.63) is 18.5 Å². The Morgan fingerprint density at radius 2 is 2.04 bits per heavy atom. The number of aromatic nitrogens is 1. The van der Waals surface area contributed by atoms with Crippen LogP contribution in [0.3, 0.4) is 0 Å². The van der Waals surface area contributed by atoms with Gasteiger partial charge in [0, 0.05) is 31.0 Å². The predicted molar refractivity (Wildman–Crippen MR) is 85.8 cm³/mol. The van der Waals surface area contributed by atoms with Gasteiger partial charge in [-0.15, -0.1) is 0 Å². The Balaban J connectivity index is 1.53. The van der Waals surface area contributed by atoms with Crippen LogP contribution in [0.5, 0.6) is 5.75 Å². The Morgan fingerprint density at radius 3 is 2.65 bits per heavy atom. The van der Waals surface area contributed by atoms with E-state index in [0.717, 1.165) is 13.0 Å². The van der Waals surface area contributed by atoms with Crippen molar-refractivity contribution in [2.45, 2.75) is 56.1 Å². The van der Waals surface area contributed by atoms with E-state index in [1.165, 1.54) is 0 Å². The van der Waals surface area contributed by atoms with E-state index in [1.807, 2.05) is 0 Å². The lowest BCUT2D eigenvalue weighted by molar-refractivity contribution is -0.213. The maximum atomic E-state index is 12.7. The van der Waals surface area contributed by atoms with Gasteiger partial charge in [0.05, 0.1) is 18.1 Å². The molecule has 0 aromatic carbocycles. The third-order valence-electron chi connectivity index (χ3n) is 5.41. The monoisotopic (exact) mass is 371 g/mol. The number of ether oxygens (including phenoxy) is 2. The molecule has 0 spiro atoms. The lowest BCUT2D eigenvalue weighted by Crippen LogP contribution is -2.47. The number of hydrogen-bond donors (Lipinski definition) is 1. The number of halogens is 3. The van der Waals surface area contributed by atoms with Crippen LogP contribution in [0.2, 0.25) is 0 Å². The zero-order valence-electron chi connectivity index (χ0n) is 14.1. The first-order chi connectivity index (χ1) is 12.4. The number of carbonyl (C=O) groups excluding carboxylic acids is 1. The van der Waals surface area contributed by atoms with E-state index in [4.69, 9.17) is 9.47 Å². The van der Waals surface area contributed by atoms with Crippen molar-refractivity contribution >= 4 is 11.7 Å². The normalized spacial score (nSPS) is 30.2. The van der Waals surface area contributed by atoms with Gasteiger partial charge in [-0.3, -0.25) is 4.98 Å². The molecule has 0 aliphatic carbocycles. The summed E-state index contributed by atoms with van der Waals surface area (Å²) in [6.45, 7) is 1.50. The smallest absolute Gasteiger partial charge is 0.490 e. The van der Waals surface area contributed by atoms with Crippen molar-refractivity contribution in [3.63, 3.8) is 0 Å². The van der Waals surface area contributed by atoms with Gasteiger partial charge in [-0.25, -0.2) is 4.79 Å². The van der Waals surface area contributed by atoms with Gasteiger partial charge in [0.1, 0.15) is 12.4 Å². The molecule has 4 heterocycles. The van der Waals surface area contributed by atoms with Crippen molar-refractivity contribution < 1.29 is 27.4 Å². The van der Waals surface area contributed by atoms with Crippen LogP contribution in [0.4, 0.5) is 18.9 Å². The molecule has 9 heteroatoms. The number of alkyl halides is 3. The van der Waals surface area contributed by atoms with Crippen LogP contribution in [0.25, 0.3) is 0 Å². The fourth-order valence-corrected chi connectivity index (χ4v) is 4.02. The third-order valence-corrected chi connectivity index (χ3v) is 5.41. The minimum absolute atomic E-state index is 0.0429. The van der Waals surface area contributed by atoms with Crippen LogP contribution >= 0.6 is 0 Å². The van der Waals surface area contributed by atoms with Crippen LogP contribution in [-0.2, 0) is 9.53 Å². The lowest BCUT2D eigenvalue weighted by Gasteiger charge is -2.36. The summed E-state index contributed by atoms with van der Waals surface area (Å²) in [5, 5.41) is 3.23. The number of nitrogens with zero attached hydrogens (tertiary/aromatic N) is 2. The molecule has 2 bridgehead atoms. The molecule has 3 aliphatic rings. The van der Waals surface area contributed by atoms with E-state index < -0.39 is 17.9 Å². The molecule has 3 aliphatic heterocycles. The minimum Gasteiger partial charge on any atom is -0.490 e. The standard InChI is InChI=1S/C17H20F3N3O3/c18-17(19,20)15(24)26-16-4-1-12(2-5-16)23(16)13-7-14(9-21-8-13)25-10-11-3-6-22-11/h7-9,11-12,22H,1-6,10H2/t11-,12?,16?/m0/s1. The zero-order valence-corrected chi connectivity index (χ0v) is 14.1. The summed E-state index contributed by atoms with van der Waals surface area (Å²) in [4.78, 5) is 17.4. The fourth-order valence-electron chi connectivity index (χ4n) is 4.02. The Morgan fingerprint density at radius 1 is 1.31 bits per heavy atom.